The van der Waals surface area contributed by atoms with Gasteiger partial charge in [-0.05, 0) is 53.7 Å². The van der Waals surface area contributed by atoms with Gasteiger partial charge in [0.2, 0.25) is 6.79 Å². The van der Waals surface area contributed by atoms with E-state index in [0.717, 1.165) is 28.6 Å². The average Bonchev–Trinajstić information content (AvgIpc) is 3.41. The van der Waals surface area contributed by atoms with Crippen LogP contribution in [0, 0.1) is 5.41 Å². The Morgan fingerprint density at radius 3 is 2.97 bits per heavy atom. The summed E-state index contributed by atoms with van der Waals surface area (Å²) in [5.74, 6) is 1.37. The molecule has 0 unspecified atom stereocenters. The number of H-pyrrole nitrogens is 1. The van der Waals surface area contributed by atoms with Gasteiger partial charge in [0.05, 0.1) is 6.33 Å². The molecule has 0 aliphatic carbocycles. The highest BCUT2D eigenvalue weighted by molar-refractivity contribution is 9.10. The Morgan fingerprint density at radius 1 is 1.34 bits per heavy atom. The number of fused-ring (bicyclic) bond motifs is 2. The number of nitrogens with one attached hydrogen (secondary N) is 2. The molecule has 3 N–H and O–H groups in total. The molecular formula is C20H21BrN6O4S. The molecule has 4 heterocycles. The molecule has 10 nitrogen and oxygen atoms in total. The van der Waals surface area contributed by atoms with Gasteiger partial charge in [0.25, 0.3) is 0 Å². The molecule has 168 valence electrons. The van der Waals surface area contributed by atoms with Crippen molar-refractivity contribution in [3.8, 4) is 11.5 Å². The molecular weight excluding hydrogens is 500 g/mol. The largest absolute Gasteiger partial charge is 0.465 e. The number of hydrogen-bond acceptors (Lipinski definition) is 7. The number of likely N-dealkylation sites (tertiary alicyclic amines) is 1. The number of halogens is 1. The maximum atomic E-state index is 11.5. The molecule has 2 aliphatic heterocycles. The number of carbonyl (C=O) groups is 1. The zero-order chi connectivity index (χ0) is 22.2. The number of aryl methyl sites for hydroxylation is 1. The maximum Gasteiger partial charge on any atom is 0.407 e. The summed E-state index contributed by atoms with van der Waals surface area (Å²) in [5, 5.41) is 18.3. The van der Waals surface area contributed by atoms with Crippen molar-refractivity contribution in [3.63, 3.8) is 0 Å². The van der Waals surface area contributed by atoms with Gasteiger partial charge in [-0.3, -0.25) is 5.41 Å². The lowest BCUT2D eigenvalue weighted by atomic mass is 10.00. The molecule has 2 aromatic heterocycles. The molecule has 0 spiro atoms. The van der Waals surface area contributed by atoms with Crippen molar-refractivity contribution in [1.82, 2.24) is 24.4 Å². The van der Waals surface area contributed by atoms with E-state index in [1.165, 1.54) is 16.7 Å². The summed E-state index contributed by atoms with van der Waals surface area (Å²) in [4.78, 5) is 26.1. The van der Waals surface area contributed by atoms with Crippen LogP contribution in [0.15, 0.2) is 33.0 Å². The van der Waals surface area contributed by atoms with E-state index in [1.54, 1.807) is 6.33 Å². The predicted molar refractivity (Wildman–Crippen MR) is 119 cm³/mol. The monoisotopic (exact) mass is 520 g/mol. The van der Waals surface area contributed by atoms with Crippen molar-refractivity contribution in [2.24, 2.45) is 0 Å². The summed E-state index contributed by atoms with van der Waals surface area (Å²) in [6.07, 6.45) is 4.21. The third-order valence-electron chi connectivity index (χ3n) is 5.71. The van der Waals surface area contributed by atoms with Gasteiger partial charge >= 0.3 is 6.09 Å². The van der Waals surface area contributed by atoms with Crippen LogP contribution in [0.2, 0.25) is 0 Å². The molecule has 5 rings (SSSR count). The Bertz CT molecular complexity index is 1240. The highest BCUT2D eigenvalue weighted by Gasteiger charge is 2.26. The number of ether oxygens (including phenoxy) is 2. The van der Waals surface area contributed by atoms with Gasteiger partial charge in [-0.15, -0.1) is 0 Å². The number of rotatable bonds is 5. The summed E-state index contributed by atoms with van der Waals surface area (Å²) in [5.41, 5.74) is 1.29. The van der Waals surface area contributed by atoms with Crippen LogP contribution in [0.5, 0.6) is 11.5 Å². The number of hydrogen-bond donors (Lipinski definition) is 3. The molecule has 3 aromatic rings. The average molecular weight is 521 g/mol. The topological polar surface area (TPSA) is 129 Å². The summed E-state index contributed by atoms with van der Waals surface area (Å²) in [6.45, 7) is 1.35. The van der Waals surface area contributed by atoms with E-state index in [9.17, 15) is 9.90 Å². The van der Waals surface area contributed by atoms with Gasteiger partial charge in [-0.25, -0.2) is 14.8 Å². The van der Waals surface area contributed by atoms with Gasteiger partial charge in [-0.1, -0.05) is 11.8 Å². The van der Waals surface area contributed by atoms with E-state index in [2.05, 4.69) is 25.9 Å². The Hall–Kier alpha value is -2.73. The van der Waals surface area contributed by atoms with Crippen molar-refractivity contribution in [3.05, 3.63) is 28.4 Å². The fraction of sp³-hybridized carbons (Fsp3) is 0.400. The lowest BCUT2D eigenvalue weighted by Gasteiger charge is -2.33. The fourth-order valence-corrected chi connectivity index (χ4v) is 5.48. The first-order valence-electron chi connectivity index (χ1n) is 10.3. The molecule has 2 aliphatic rings. The standard InChI is InChI=1S/C20H21BrN6O4S/c21-12-7-13-14(31-10-30-13)8-15(12)32-19-24-16-17(22)23-9-26(18(16)25-19)6-4-11-3-1-2-5-27(11)20(28)29/h7-9,11,22H,1-6,10H2,(H,24,25)(H,28,29)/t11-/m0/s1. The number of benzene rings is 1. The van der Waals surface area contributed by atoms with Gasteiger partial charge in [0.1, 0.15) is 5.52 Å². The normalized spacial score (nSPS) is 17.8. The van der Waals surface area contributed by atoms with E-state index in [0.29, 0.717) is 47.3 Å². The molecule has 1 atom stereocenters. The second-order valence-corrected chi connectivity index (χ2v) is 9.56. The smallest absolute Gasteiger partial charge is 0.407 e. The third-order valence-corrected chi connectivity index (χ3v) is 7.57. The molecule has 12 heteroatoms. The van der Waals surface area contributed by atoms with E-state index >= 15 is 0 Å². The highest BCUT2D eigenvalue weighted by Crippen LogP contribution is 2.42. The molecule has 32 heavy (non-hydrogen) atoms. The Morgan fingerprint density at radius 2 is 2.16 bits per heavy atom. The third kappa shape index (κ3) is 4.04. The van der Waals surface area contributed by atoms with Crippen LogP contribution < -0.4 is 15.0 Å². The molecule has 1 fully saturated rings. The van der Waals surface area contributed by atoms with E-state index < -0.39 is 6.09 Å². The van der Waals surface area contributed by atoms with E-state index in [4.69, 9.17) is 19.9 Å². The first-order chi connectivity index (χ1) is 15.5. The summed E-state index contributed by atoms with van der Waals surface area (Å²) >= 11 is 4.98. The predicted octanol–water partition coefficient (Wildman–Crippen LogP) is 3.80. The van der Waals surface area contributed by atoms with Crippen molar-refractivity contribution >= 4 is 44.9 Å². The minimum atomic E-state index is -0.864. The zero-order valence-electron chi connectivity index (χ0n) is 17.0. The molecule has 1 saturated heterocycles. The number of aromatic nitrogens is 4. The molecule has 0 saturated carbocycles. The highest BCUT2D eigenvalue weighted by atomic mass is 79.9. The number of piperidine rings is 1. The Balaban J connectivity index is 1.39. The maximum absolute atomic E-state index is 11.5. The SMILES string of the molecule is N=c1ncn(CC[C@@H]2CCCCN2C(=O)O)c2nc(Sc3cc4c(cc3Br)OCO4)[nH]c12. The summed E-state index contributed by atoms with van der Waals surface area (Å²) in [6, 6.07) is 3.74. The number of nitrogens with zero attached hydrogens (tertiary/aromatic N) is 4. The minimum Gasteiger partial charge on any atom is -0.465 e. The number of aromatic amines is 1. The minimum absolute atomic E-state index is 0.0168. The van der Waals surface area contributed by atoms with Crippen LogP contribution in [-0.2, 0) is 6.54 Å². The van der Waals surface area contributed by atoms with Crippen LogP contribution >= 0.6 is 27.7 Å². The summed E-state index contributed by atoms with van der Waals surface area (Å²) < 4.78 is 13.6. The van der Waals surface area contributed by atoms with Crippen LogP contribution in [0.25, 0.3) is 11.2 Å². The van der Waals surface area contributed by atoms with Crippen molar-refractivity contribution in [2.75, 3.05) is 13.3 Å². The van der Waals surface area contributed by atoms with E-state index in [1.807, 2.05) is 16.7 Å². The van der Waals surface area contributed by atoms with Crippen LogP contribution in [0.1, 0.15) is 25.7 Å². The Labute approximate surface area is 195 Å². The first kappa shape index (κ1) is 21.1. The van der Waals surface area contributed by atoms with Crippen LogP contribution in [0.3, 0.4) is 0 Å². The number of carboxylic acid groups (broad SMARTS) is 1. The second kappa shape index (κ2) is 8.66. The lowest BCUT2D eigenvalue weighted by Crippen LogP contribution is -2.43. The molecule has 0 radical (unpaired) electrons. The molecule has 0 bridgehead atoms. The lowest BCUT2D eigenvalue weighted by molar-refractivity contribution is 0.102. The van der Waals surface area contributed by atoms with Crippen molar-refractivity contribution in [2.45, 2.75) is 48.3 Å². The van der Waals surface area contributed by atoms with Crippen LogP contribution in [0.4, 0.5) is 4.79 Å². The van der Waals surface area contributed by atoms with E-state index in [-0.39, 0.29) is 18.3 Å². The Kier molecular flexibility index (Phi) is 5.72. The molecule has 1 aromatic carbocycles. The van der Waals surface area contributed by atoms with Crippen molar-refractivity contribution in [1.29, 1.82) is 5.41 Å². The van der Waals surface area contributed by atoms with Crippen molar-refractivity contribution < 1.29 is 19.4 Å². The fourth-order valence-electron chi connectivity index (χ4n) is 4.10. The summed E-state index contributed by atoms with van der Waals surface area (Å²) in [7, 11) is 0. The second-order valence-electron chi connectivity index (χ2n) is 7.68. The molecule has 1 amide bonds. The number of imidazole rings is 1. The zero-order valence-corrected chi connectivity index (χ0v) is 19.4. The van der Waals surface area contributed by atoms with Crippen LogP contribution in [-0.4, -0.2) is 55.0 Å². The van der Waals surface area contributed by atoms with Gasteiger partial charge in [0, 0.05) is 28.5 Å². The van der Waals surface area contributed by atoms with Gasteiger partial charge in [-0.2, -0.15) is 0 Å². The van der Waals surface area contributed by atoms with Gasteiger partial charge in [0.15, 0.2) is 27.8 Å². The van der Waals surface area contributed by atoms with Gasteiger partial charge < -0.3 is 29.0 Å². The quantitative estimate of drug-likeness (QED) is 0.466. The first-order valence-corrected chi connectivity index (χ1v) is 11.9. The number of amides is 1.